The highest BCUT2D eigenvalue weighted by atomic mass is 32.1. The summed E-state index contributed by atoms with van der Waals surface area (Å²) in [6.07, 6.45) is 2.64. The Hall–Kier alpha value is -2.73. The normalized spacial score (nSPS) is 12.4. The molecule has 0 radical (unpaired) electrons. The van der Waals surface area contributed by atoms with Crippen molar-refractivity contribution in [2.45, 2.75) is 26.3 Å². The summed E-state index contributed by atoms with van der Waals surface area (Å²) in [5.74, 6) is -0.208. The Balaban J connectivity index is 1.55. The van der Waals surface area contributed by atoms with E-state index in [1.165, 1.54) is 16.9 Å². The van der Waals surface area contributed by atoms with Crippen molar-refractivity contribution in [1.82, 2.24) is 10.4 Å². The van der Waals surface area contributed by atoms with Crippen LogP contribution in [0.25, 0.3) is 10.2 Å². The van der Waals surface area contributed by atoms with Gasteiger partial charge in [0.2, 0.25) is 0 Å². The number of nitrogens with zero attached hydrogens (tertiary/aromatic N) is 2. The molecule has 0 aliphatic heterocycles. The molecule has 1 amide bonds. The average molecular weight is 352 g/mol. The van der Waals surface area contributed by atoms with E-state index in [1.54, 1.807) is 13.1 Å². The van der Waals surface area contributed by atoms with Crippen molar-refractivity contribution in [1.29, 1.82) is 0 Å². The zero-order valence-electron chi connectivity index (χ0n) is 14.2. The Labute approximate surface area is 150 Å². The Morgan fingerprint density at radius 1 is 1.24 bits per heavy atom. The standard InChI is InChI=1S/C19H20N4OS/c1-3-14-8-10-15(11-9-14)12-20-23-18(24)13(2)21-19-22-16-6-4-5-7-17(16)25-19/h4-13H,3H2,1-2H3,(H,21,22)(H,23,24)/b20-12-/t13-/m1/s1. The second-order valence-corrected chi connectivity index (χ2v) is 6.71. The van der Waals surface area contributed by atoms with Crippen LogP contribution in [-0.4, -0.2) is 23.1 Å². The summed E-state index contributed by atoms with van der Waals surface area (Å²) < 4.78 is 1.09. The van der Waals surface area contributed by atoms with Crippen LogP contribution in [-0.2, 0) is 11.2 Å². The van der Waals surface area contributed by atoms with Crippen LogP contribution >= 0.6 is 11.3 Å². The van der Waals surface area contributed by atoms with Gasteiger partial charge in [0.1, 0.15) is 6.04 Å². The lowest BCUT2D eigenvalue weighted by Gasteiger charge is -2.10. The lowest BCUT2D eigenvalue weighted by molar-refractivity contribution is -0.121. The number of hydrogen-bond donors (Lipinski definition) is 2. The maximum absolute atomic E-state index is 12.1. The van der Waals surface area contributed by atoms with Crippen molar-refractivity contribution >= 4 is 38.8 Å². The topological polar surface area (TPSA) is 66.4 Å². The number of thiazole rings is 1. The molecular formula is C19H20N4OS. The van der Waals surface area contributed by atoms with Gasteiger partial charge in [-0.05, 0) is 36.6 Å². The summed E-state index contributed by atoms with van der Waals surface area (Å²) in [5.41, 5.74) is 5.71. The van der Waals surface area contributed by atoms with Crippen molar-refractivity contribution in [3.05, 3.63) is 59.7 Å². The summed E-state index contributed by atoms with van der Waals surface area (Å²) in [6.45, 7) is 3.90. The van der Waals surface area contributed by atoms with Crippen molar-refractivity contribution in [3.8, 4) is 0 Å². The summed E-state index contributed by atoms with van der Waals surface area (Å²) in [6, 6.07) is 15.5. The van der Waals surface area contributed by atoms with E-state index in [-0.39, 0.29) is 5.91 Å². The van der Waals surface area contributed by atoms with E-state index in [0.29, 0.717) is 0 Å². The molecule has 3 aromatic rings. The molecule has 0 aliphatic carbocycles. The van der Waals surface area contributed by atoms with Crippen molar-refractivity contribution in [3.63, 3.8) is 0 Å². The van der Waals surface area contributed by atoms with Crippen LogP contribution in [0.5, 0.6) is 0 Å². The lowest BCUT2D eigenvalue weighted by Crippen LogP contribution is -2.34. The summed E-state index contributed by atoms with van der Waals surface area (Å²) in [4.78, 5) is 16.6. The molecule has 2 N–H and O–H groups in total. The molecule has 0 saturated heterocycles. The molecule has 0 fully saturated rings. The smallest absolute Gasteiger partial charge is 0.262 e. The molecule has 0 unspecified atom stereocenters. The fourth-order valence-corrected chi connectivity index (χ4v) is 3.24. The number of benzene rings is 2. The zero-order valence-corrected chi connectivity index (χ0v) is 15.0. The van der Waals surface area contributed by atoms with Gasteiger partial charge in [-0.1, -0.05) is 54.7 Å². The maximum atomic E-state index is 12.1. The predicted molar refractivity (Wildman–Crippen MR) is 104 cm³/mol. The van der Waals surface area contributed by atoms with E-state index in [1.807, 2.05) is 36.4 Å². The summed E-state index contributed by atoms with van der Waals surface area (Å²) >= 11 is 1.53. The number of hydrogen-bond acceptors (Lipinski definition) is 5. The Morgan fingerprint density at radius 3 is 2.72 bits per heavy atom. The molecule has 3 rings (SSSR count). The van der Waals surface area contributed by atoms with Crippen LogP contribution in [0.3, 0.4) is 0 Å². The number of para-hydroxylation sites is 1. The predicted octanol–water partition coefficient (Wildman–Crippen LogP) is 3.81. The molecule has 1 heterocycles. The van der Waals surface area contributed by atoms with E-state index < -0.39 is 6.04 Å². The quantitative estimate of drug-likeness (QED) is 0.524. The zero-order chi connectivity index (χ0) is 17.6. The first-order valence-electron chi connectivity index (χ1n) is 8.19. The SMILES string of the molecule is CCc1ccc(/C=N\NC(=O)[C@@H](C)Nc2nc3ccccc3s2)cc1. The summed E-state index contributed by atoms with van der Waals surface area (Å²) in [5, 5.41) is 7.86. The van der Waals surface area contributed by atoms with Crippen LogP contribution in [0.1, 0.15) is 25.0 Å². The minimum atomic E-state index is -0.430. The van der Waals surface area contributed by atoms with E-state index in [4.69, 9.17) is 0 Å². The van der Waals surface area contributed by atoms with Gasteiger partial charge in [0.05, 0.1) is 16.4 Å². The Kier molecular flexibility index (Phi) is 5.40. The minimum Gasteiger partial charge on any atom is -0.350 e. The van der Waals surface area contributed by atoms with E-state index in [9.17, 15) is 4.79 Å². The number of aromatic nitrogens is 1. The highest BCUT2D eigenvalue weighted by Crippen LogP contribution is 2.25. The first kappa shape index (κ1) is 17.1. The largest absolute Gasteiger partial charge is 0.350 e. The van der Waals surface area contributed by atoms with Crippen LogP contribution in [0, 0.1) is 0 Å². The number of fused-ring (bicyclic) bond motifs is 1. The van der Waals surface area contributed by atoms with Crippen LogP contribution in [0.2, 0.25) is 0 Å². The highest BCUT2D eigenvalue weighted by Gasteiger charge is 2.14. The van der Waals surface area contributed by atoms with Crippen molar-refractivity contribution < 1.29 is 4.79 Å². The second-order valence-electron chi connectivity index (χ2n) is 5.68. The average Bonchev–Trinajstić information content (AvgIpc) is 3.04. The second kappa shape index (κ2) is 7.90. The van der Waals surface area contributed by atoms with Crippen LogP contribution < -0.4 is 10.7 Å². The first-order chi connectivity index (χ1) is 12.2. The van der Waals surface area contributed by atoms with E-state index in [0.717, 1.165) is 27.3 Å². The number of aryl methyl sites for hydroxylation is 1. The minimum absolute atomic E-state index is 0.208. The number of amides is 1. The third kappa shape index (κ3) is 4.42. The molecule has 6 heteroatoms. The monoisotopic (exact) mass is 352 g/mol. The number of hydrazone groups is 1. The molecule has 0 bridgehead atoms. The highest BCUT2D eigenvalue weighted by molar-refractivity contribution is 7.22. The van der Waals surface area contributed by atoms with Crippen LogP contribution in [0.4, 0.5) is 5.13 Å². The molecule has 128 valence electrons. The molecule has 0 saturated carbocycles. The molecule has 1 aromatic heterocycles. The van der Waals surface area contributed by atoms with Crippen molar-refractivity contribution in [2.75, 3.05) is 5.32 Å². The molecular weight excluding hydrogens is 332 g/mol. The number of nitrogens with one attached hydrogen (secondary N) is 2. The number of carbonyl (C=O) groups excluding carboxylic acids is 1. The molecule has 5 nitrogen and oxygen atoms in total. The van der Waals surface area contributed by atoms with Gasteiger partial charge in [-0.15, -0.1) is 0 Å². The van der Waals surface area contributed by atoms with E-state index in [2.05, 4.69) is 39.9 Å². The van der Waals surface area contributed by atoms with Gasteiger partial charge >= 0.3 is 0 Å². The molecule has 0 spiro atoms. The van der Waals surface area contributed by atoms with Gasteiger partial charge in [-0.2, -0.15) is 5.10 Å². The Bertz CT molecular complexity index is 853. The lowest BCUT2D eigenvalue weighted by atomic mass is 10.1. The molecule has 0 aliphatic rings. The van der Waals surface area contributed by atoms with Crippen molar-refractivity contribution in [2.24, 2.45) is 5.10 Å². The molecule has 25 heavy (non-hydrogen) atoms. The Morgan fingerprint density at radius 2 is 2.00 bits per heavy atom. The third-order valence-corrected chi connectivity index (χ3v) is 4.77. The van der Waals surface area contributed by atoms with Gasteiger partial charge in [-0.3, -0.25) is 4.79 Å². The fraction of sp³-hybridized carbons (Fsp3) is 0.211. The van der Waals surface area contributed by atoms with Gasteiger partial charge in [0.15, 0.2) is 5.13 Å². The van der Waals surface area contributed by atoms with E-state index >= 15 is 0 Å². The van der Waals surface area contributed by atoms with Gasteiger partial charge in [0, 0.05) is 0 Å². The molecule has 1 atom stereocenters. The summed E-state index contributed by atoms with van der Waals surface area (Å²) in [7, 11) is 0. The van der Waals surface area contributed by atoms with Gasteiger partial charge < -0.3 is 5.32 Å². The third-order valence-electron chi connectivity index (χ3n) is 3.80. The number of anilines is 1. The van der Waals surface area contributed by atoms with Crippen LogP contribution in [0.15, 0.2) is 53.6 Å². The molecule has 2 aromatic carbocycles. The maximum Gasteiger partial charge on any atom is 0.262 e. The number of carbonyl (C=O) groups is 1. The van der Waals surface area contributed by atoms with Gasteiger partial charge in [-0.25, -0.2) is 10.4 Å². The number of rotatable bonds is 6. The van der Waals surface area contributed by atoms with Gasteiger partial charge in [0.25, 0.3) is 5.91 Å². The fourth-order valence-electron chi connectivity index (χ4n) is 2.29. The first-order valence-corrected chi connectivity index (χ1v) is 9.01.